The molecule has 0 bridgehead atoms. The van der Waals surface area contributed by atoms with E-state index >= 15 is 0 Å². The van der Waals surface area contributed by atoms with Crippen LogP contribution in [0.5, 0.6) is 0 Å². The Kier molecular flexibility index (Phi) is 2.76. The molecule has 1 heterocycles. The number of amides is 1. The van der Waals surface area contributed by atoms with Gasteiger partial charge in [0.05, 0.1) is 11.6 Å². The highest BCUT2D eigenvalue weighted by molar-refractivity contribution is 5.80. The predicted octanol–water partition coefficient (Wildman–Crippen LogP) is -0.898. The molecular formula is C8H15N5O. The van der Waals surface area contributed by atoms with Gasteiger partial charge in [-0.1, -0.05) is 0 Å². The Hall–Kier alpha value is -1.56. The van der Waals surface area contributed by atoms with Gasteiger partial charge in [-0.25, -0.2) is 0 Å². The van der Waals surface area contributed by atoms with Gasteiger partial charge in [0, 0.05) is 6.20 Å². The molecular weight excluding hydrogens is 182 g/mol. The van der Waals surface area contributed by atoms with Crippen LogP contribution in [0.3, 0.4) is 0 Å². The number of hydrogen-bond donors (Lipinski definition) is 3. The summed E-state index contributed by atoms with van der Waals surface area (Å²) in [7, 11) is 0. The van der Waals surface area contributed by atoms with Crippen LogP contribution in [0.4, 0.5) is 0 Å². The number of carbonyl (C=O) groups excluding carboxylic acids is 1. The van der Waals surface area contributed by atoms with Crippen LogP contribution < -0.4 is 16.9 Å². The Morgan fingerprint density at radius 3 is 2.71 bits per heavy atom. The molecule has 0 saturated carbocycles. The average molecular weight is 197 g/mol. The van der Waals surface area contributed by atoms with Crippen LogP contribution in [0.15, 0.2) is 17.4 Å². The summed E-state index contributed by atoms with van der Waals surface area (Å²) in [6.07, 6.45) is 4.36. The lowest BCUT2D eigenvalue weighted by Crippen LogP contribution is -2.58. The maximum Gasteiger partial charge on any atom is 0.226 e. The first-order chi connectivity index (χ1) is 6.46. The van der Waals surface area contributed by atoms with Crippen molar-refractivity contribution in [3.63, 3.8) is 0 Å². The largest absolute Gasteiger partial charge is 0.369 e. The summed E-state index contributed by atoms with van der Waals surface area (Å²) in [5, 5.41) is 5.35. The van der Waals surface area contributed by atoms with Crippen LogP contribution in [0.25, 0.3) is 0 Å². The molecule has 1 atom stereocenters. The molecule has 1 amide bonds. The molecule has 1 unspecified atom stereocenters. The Morgan fingerprint density at radius 1 is 1.64 bits per heavy atom. The molecule has 0 spiro atoms. The molecule has 0 fully saturated rings. The number of nitrogens with zero attached hydrogens (tertiary/aromatic N) is 2. The zero-order chi connectivity index (χ0) is 10.8. The van der Waals surface area contributed by atoms with Crippen molar-refractivity contribution in [3.8, 4) is 0 Å². The molecule has 6 heteroatoms. The molecule has 5 N–H and O–H groups in total. The van der Waals surface area contributed by atoms with E-state index in [2.05, 4.69) is 10.5 Å². The number of carbonyl (C=O) groups is 1. The highest BCUT2D eigenvalue weighted by atomic mass is 16.1. The van der Waals surface area contributed by atoms with E-state index in [0.717, 1.165) is 0 Å². The van der Waals surface area contributed by atoms with E-state index in [1.807, 2.05) is 0 Å². The topological polar surface area (TPSA) is 96.7 Å². The maximum absolute atomic E-state index is 11.1. The predicted molar refractivity (Wildman–Crippen MR) is 53.6 cm³/mol. The number of primary amides is 1. The van der Waals surface area contributed by atoms with Gasteiger partial charge in [-0.3, -0.25) is 10.2 Å². The van der Waals surface area contributed by atoms with E-state index in [9.17, 15) is 4.79 Å². The molecule has 6 nitrogen and oxygen atoms in total. The number of nitrogens with two attached hydrogens (primary N) is 2. The number of rotatable bonds is 3. The Morgan fingerprint density at radius 2 is 2.29 bits per heavy atom. The number of hydrazone groups is 1. The van der Waals surface area contributed by atoms with Crippen LogP contribution in [-0.2, 0) is 4.79 Å². The van der Waals surface area contributed by atoms with Gasteiger partial charge in [-0.15, -0.1) is 0 Å². The minimum absolute atomic E-state index is 0.462. The van der Waals surface area contributed by atoms with E-state index in [-0.39, 0.29) is 0 Å². The number of allylic oxidation sites excluding steroid dienone is 1. The normalized spacial score (nSPS) is 17.8. The molecule has 1 aliphatic rings. The summed E-state index contributed by atoms with van der Waals surface area (Å²) >= 11 is 0. The molecule has 0 aromatic rings. The molecule has 78 valence electrons. The zero-order valence-electron chi connectivity index (χ0n) is 8.27. The van der Waals surface area contributed by atoms with Crippen molar-refractivity contribution in [2.75, 3.05) is 0 Å². The van der Waals surface area contributed by atoms with Crippen molar-refractivity contribution in [1.29, 1.82) is 0 Å². The monoisotopic (exact) mass is 197 g/mol. The minimum atomic E-state index is -0.852. The van der Waals surface area contributed by atoms with Crippen molar-refractivity contribution in [3.05, 3.63) is 12.3 Å². The van der Waals surface area contributed by atoms with Gasteiger partial charge >= 0.3 is 0 Å². The third kappa shape index (κ3) is 1.85. The molecule has 0 aromatic carbocycles. The van der Waals surface area contributed by atoms with Crippen molar-refractivity contribution in [1.82, 2.24) is 10.5 Å². The lowest BCUT2D eigenvalue weighted by Gasteiger charge is -2.35. The number of hydrazine groups is 1. The van der Waals surface area contributed by atoms with Gasteiger partial charge in [-0.05, 0) is 19.9 Å². The highest BCUT2D eigenvalue weighted by Gasteiger charge is 2.36. The lowest BCUT2D eigenvalue weighted by molar-refractivity contribution is -0.130. The van der Waals surface area contributed by atoms with Gasteiger partial charge in [0.2, 0.25) is 5.91 Å². The number of hydrogen-bond acceptors (Lipinski definition) is 5. The number of nitrogens with one attached hydrogen (secondary N) is 1. The SMILES string of the molecule is CC(C)(C(N)=O)C(N)N1N=CC=CN1. The Bertz CT molecular complexity index is 283. The summed E-state index contributed by atoms with van der Waals surface area (Å²) in [6.45, 7) is 3.35. The molecule has 1 aliphatic heterocycles. The molecule has 1 rings (SSSR count). The lowest BCUT2D eigenvalue weighted by atomic mass is 9.89. The first-order valence-corrected chi connectivity index (χ1v) is 4.26. The molecule has 14 heavy (non-hydrogen) atoms. The van der Waals surface area contributed by atoms with Crippen molar-refractivity contribution >= 4 is 12.1 Å². The fourth-order valence-corrected chi connectivity index (χ4v) is 0.910. The second-order valence-electron chi connectivity index (χ2n) is 3.63. The Balaban J connectivity index is 2.74. The fourth-order valence-electron chi connectivity index (χ4n) is 0.910. The van der Waals surface area contributed by atoms with Crippen molar-refractivity contribution in [2.24, 2.45) is 22.0 Å². The van der Waals surface area contributed by atoms with Crippen LogP contribution in [0.1, 0.15) is 13.8 Å². The van der Waals surface area contributed by atoms with Crippen LogP contribution >= 0.6 is 0 Å². The summed E-state index contributed by atoms with van der Waals surface area (Å²) in [5.41, 5.74) is 13.0. The standard InChI is InChI=1S/C8H15N5O/c1-8(2,7(10)14)6(9)13-11-4-3-5-12-13/h3-6,11H,9H2,1-2H3,(H2,10,14). The van der Waals surface area contributed by atoms with Crippen LogP contribution in [0, 0.1) is 5.41 Å². The first-order valence-electron chi connectivity index (χ1n) is 4.26. The molecule has 0 aromatic heterocycles. The van der Waals surface area contributed by atoms with Crippen molar-refractivity contribution in [2.45, 2.75) is 20.0 Å². The van der Waals surface area contributed by atoms with Gasteiger partial charge < -0.3 is 11.5 Å². The molecule has 0 saturated heterocycles. The molecule has 0 radical (unpaired) electrons. The second kappa shape index (κ2) is 3.67. The fraction of sp³-hybridized carbons (Fsp3) is 0.500. The van der Waals surface area contributed by atoms with Gasteiger partial charge in [0.15, 0.2) is 0 Å². The van der Waals surface area contributed by atoms with Gasteiger partial charge in [0.25, 0.3) is 0 Å². The maximum atomic E-state index is 11.1. The minimum Gasteiger partial charge on any atom is -0.369 e. The van der Waals surface area contributed by atoms with E-state index in [1.165, 1.54) is 5.12 Å². The Labute approximate surface area is 82.6 Å². The summed E-state index contributed by atoms with van der Waals surface area (Å²) < 4.78 is 0. The van der Waals surface area contributed by atoms with Gasteiger partial charge in [0.1, 0.15) is 6.17 Å². The third-order valence-corrected chi connectivity index (χ3v) is 2.22. The quantitative estimate of drug-likeness (QED) is 0.546. The first kappa shape index (κ1) is 10.5. The summed E-state index contributed by atoms with van der Waals surface area (Å²) in [4.78, 5) is 11.1. The summed E-state index contributed by atoms with van der Waals surface area (Å²) in [6, 6.07) is 0. The van der Waals surface area contributed by atoms with E-state index in [4.69, 9.17) is 11.5 Å². The third-order valence-electron chi connectivity index (χ3n) is 2.22. The van der Waals surface area contributed by atoms with Crippen molar-refractivity contribution < 1.29 is 4.79 Å². The zero-order valence-corrected chi connectivity index (χ0v) is 8.27. The second-order valence-corrected chi connectivity index (χ2v) is 3.63. The highest BCUT2D eigenvalue weighted by Crippen LogP contribution is 2.20. The summed E-state index contributed by atoms with van der Waals surface area (Å²) in [5.74, 6) is -0.462. The van der Waals surface area contributed by atoms with E-state index in [1.54, 1.807) is 32.3 Å². The van der Waals surface area contributed by atoms with Crippen LogP contribution in [-0.4, -0.2) is 23.4 Å². The average Bonchev–Trinajstić information content (AvgIpc) is 2.17. The van der Waals surface area contributed by atoms with Gasteiger partial charge in [-0.2, -0.15) is 10.2 Å². The van der Waals surface area contributed by atoms with E-state index < -0.39 is 17.5 Å². The van der Waals surface area contributed by atoms with Crippen LogP contribution in [0.2, 0.25) is 0 Å². The smallest absolute Gasteiger partial charge is 0.226 e. The van der Waals surface area contributed by atoms with E-state index in [0.29, 0.717) is 0 Å². The molecule has 0 aliphatic carbocycles.